The third kappa shape index (κ3) is 1.77. The van der Waals surface area contributed by atoms with Crippen molar-refractivity contribution < 1.29 is 0 Å². The van der Waals surface area contributed by atoms with Crippen molar-refractivity contribution in [2.75, 3.05) is 5.73 Å². The Bertz CT molecular complexity index is 316. The molecule has 1 aromatic carbocycles. The molecule has 2 N–H and O–H groups in total. The normalized spacial score (nSPS) is 11.7. The Hall–Kier alpha value is -1.02. The molecule has 64 valence electrons. The summed E-state index contributed by atoms with van der Waals surface area (Å²) in [6, 6.07) is 5.99. The van der Waals surface area contributed by atoms with Crippen molar-refractivity contribution in [2.24, 2.45) is 0 Å². The van der Waals surface area contributed by atoms with Gasteiger partial charge in [0.2, 0.25) is 0 Å². The van der Waals surface area contributed by atoms with Gasteiger partial charge in [0, 0.05) is 5.69 Å². The number of benzene rings is 1. The number of allylic oxidation sites excluding steroid dienone is 1. The van der Waals surface area contributed by atoms with Crippen LogP contribution in [0, 0.1) is 6.92 Å². The van der Waals surface area contributed by atoms with Crippen LogP contribution in [0.4, 0.5) is 5.69 Å². The first kappa shape index (κ1) is 9.07. The van der Waals surface area contributed by atoms with Crippen LogP contribution in [0.3, 0.4) is 0 Å². The molecule has 0 spiro atoms. The van der Waals surface area contributed by atoms with Crippen molar-refractivity contribution >= 4 is 23.9 Å². The lowest BCUT2D eigenvalue weighted by molar-refractivity contribution is 1.45. The second-order valence-corrected chi connectivity index (χ2v) is 3.11. The van der Waals surface area contributed by atoms with Crippen molar-refractivity contribution in [1.82, 2.24) is 0 Å². The zero-order chi connectivity index (χ0) is 9.14. The van der Waals surface area contributed by atoms with Gasteiger partial charge in [-0.2, -0.15) is 0 Å². The topological polar surface area (TPSA) is 26.0 Å². The van der Waals surface area contributed by atoms with Crippen LogP contribution in [0.2, 0.25) is 0 Å². The average molecular weight is 178 g/mol. The molecule has 2 heteroatoms. The molecule has 1 nitrogen and oxygen atoms in total. The standard InChI is InChI=1S/C10H13NS/c1-7-3-4-9(5-10(7)11)8(2)6-12/h3-6,12H,11H2,1-2H3/p-1/b8-6+. The molecular formula is C10H12NS-. The van der Waals surface area contributed by atoms with Crippen molar-refractivity contribution in [3.05, 3.63) is 34.7 Å². The van der Waals surface area contributed by atoms with E-state index in [1.807, 2.05) is 32.0 Å². The maximum atomic E-state index is 5.75. The minimum absolute atomic E-state index is 0.823. The van der Waals surface area contributed by atoms with Gasteiger partial charge in [-0.3, -0.25) is 0 Å². The molecule has 1 aromatic rings. The summed E-state index contributed by atoms with van der Waals surface area (Å²) in [6.45, 7) is 3.98. The number of nitrogen functional groups attached to an aromatic ring is 1. The summed E-state index contributed by atoms with van der Waals surface area (Å²) in [4.78, 5) is 0. The van der Waals surface area contributed by atoms with Crippen LogP contribution in [0.1, 0.15) is 18.1 Å². The quantitative estimate of drug-likeness (QED) is 0.528. The smallest absolute Gasteiger partial charge is 0.0349 e. The Morgan fingerprint density at radius 2 is 2.17 bits per heavy atom. The van der Waals surface area contributed by atoms with Gasteiger partial charge in [0.25, 0.3) is 0 Å². The summed E-state index contributed by atoms with van der Waals surface area (Å²) in [5, 5.41) is 1.67. The van der Waals surface area contributed by atoms with E-state index in [0.29, 0.717) is 0 Å². The predicted molar refractivity (Wildman–Crippen MR) is 56.6 cm³/mol. The molecule has 0 unspecified atom stereocenters. The van der Waals surface area contributed by atoms with Crippen molar-refractivity contribution in [1.29, 1.82) is 0 Å². The van der Waals surface area contributed by atoms with Gasteiger partial charge in [-0.1, -0.05) is 17.7 Å². The molecule has 0 saturated carbocycles. The molecule has 0 bridgehead atoms. The first-order valence-electron chi connectivity index (χ1n) is 3.80. The van der Waals surface area contributed by atoms with Crippen LogP contribution < -0.4 is 5.73 Å². The van der Waals surface area contributed by atoms with Crippen LogP contribution in [0.15, 0.2) is 23.6 Å². The number of hydrogen-bond acceptors (Lipinski definition) is 2. The first-order chi connectivity index (χ1) is 5.65. The minimum atomic E-state index is 0.823. The Balaban J connectivity index is 3.13. The van der Waals surface area contributed by atoms with Crippen LogP contribution in [-0.4, -0.2) is 0 Å². The van der Waals surface area contributed by atoms with Gasteiger partial charge in [-0.15, -0.1) is 0 Å². The molecule has 0 amide bonds. The number of anilines is 1. The molecule has 0 saturated heterocycles. The van der Waals surface area contributed by atoms with Gasteiger partial charge in [-0.25, -0.2) is 5.41 Å². The van der Waals surface area contributed by atoms with E-state index in [1.54, 1.807) is 5.41 Å². The number of rotatable bonds is 1. The van der Waals surface area contributed by atoms with Gasteiger partial charge in [0.05, 0.1) is 0 Å². The number of hydrogen-bond donors (Lipinski definition) is 1. The van der Waals surface area contributed by atoms with Crippen LogP contribution >= 0.6 is 0 Å². The molecular weight excluding hydrogens is 166 g/mol. The SMILES string of the molecule is C/C(=C\[S-])c1ccc(C)c(N)c1. The highest BCUT2D eigenvalue weighted by molar-refractivity contribution is 7.62. The van der Waals surface area contributed by atoms with Crippen molar-refractivity contribution in [2.45, 2.75) is 13.8 Å². The van der Waals surface area contributed by atoms with Gasteiger partial charge in [0.1, 0.15) is 0 Å². The Kier molecular flexibility index (Phi) is 2.71. The fraction of sp³-hybridized carbons (Fsp3) is 0.200. The second-order valence-electron chi connectivity index (χ2n) is 2.87. The molecule has 0 fully saturated rings. The van der Waals surface area contributed by atoms with E-state index in [-0.39, 0.29) is 0 Å². The fourth-order valence-electron chi connectivity index (χ4n) is 0.954. The third-order valence-corrected chi connectivity index (χ3v) is 2.26. The molecule has 0 atom stereocenters. The van der Waals surface area contributed by atoms with E-state index in [9.17, 15) is 0 Å². The lowest BCUT2D eigenvalue weighted by Gasteiger charge is -2.06. The molecule has 0 aliphatic rings. The summed E-state index contributed by atoms with van der Waals surface area (Å²) in [5.74, 6) is 0. The van der Waals surface area contributed by atoms with E-state index in [4.69, 9.17) is 18.4 Å². The maximum Gasteiger partial charge on any atom is 0.0349 e. The van der Waals surface area contributed by atoms with Crippen LogP contribution in [0.25, 0.3) is 5.57 Å². The minimum Gasteiger partial charge on any atom is -0.787 e. The summed E-state index contributed by atoms with van der Waals surface area (Å²) >= 11 is 4.83. The van der Waals surface area contributed by atoms with Crippen molar-refractivity contribution in [3.8, 4) is 0 Å². The highest BCUT2D eigenvalue weighted by Crippen LogP contribution is 2.18. The third-order valence-electron chi connectivity index (χ3n) is 1.91. The van der Waals surface area contributed by atoms with Gasteiger partial charge >= 0.3 is 0 Å². The van der Waals surface area contributed by atoms with Crippen molar-refractivity contribution in [3.63, 3.8) is 0 Å². The van der Waals surface area contributed by atoms with E-state index < -0.39 is 0 Å². The molecule has 0 heterocycles. The van der Waals surface area contributed by atoms with Gasteiger partial charge in [-0.05, 0) is 31.0 Å². The van der Waals surface area contributed by atoms with Gasteiger partial charge < -0.3 is 18.4 Å². The van der Waals surface area contributed by atoms with E-state index in [2.05, 4.69) is 0 Å². The van der Waals surface area contributed by atoms with Crippen LogP contribution in [-0.2, 0) is 12.6 Å². The first-order valence-corrected chi connectivity index (χ1v) is 4.27. The average Bonchev–Trinajstić information content (AvgIpc) is 2.08. The highest BCUT2D eigenvalue weighted by atomic mass is 32.1. The molecule has 0 aliphatic carbocycles. The molecule has 12 heavy (non-hydrogen) atoms. The van der Waals surface area contributed by atoms with E-state index in [0.717, 1.165) is 22.4 Å². The summed E-state index contributed by atoms with van der Waals surface area (Å²) in [7, 11) is 0. The molecule has 0 radical (unpaired) electrons. The maximum absolute atomic E-state index is 5.75. The summed E-state index contributed by atoms with van der Waals surface area (Å²) in [6.07, 6.45) is 0. The monoisotopic (exact) mass is 178 g/mol. The van der Waals surface area contributed by atoms with Crippen LogP contribution in [0.5, 0.6) is 0 Å². The fourth-order valence-corrected chi connectivity index (χ4v) is 1.09. The second kappa shape index (κ2) is 3.59. The highest BCUT2D eigenvalue weighted by Gasteiger charge is 1.95. The number of nitrogens with two attached hydrogens (primary N) is 1. The lowest BCUT2D eigenvalue weighted by Crippen LogP contribution is -1.90. The molecule has 1 rings (SSSR count). The van der Waals surface area contributed by atoms with E-state index in [1.165, 1.54) is 0 Å². The summed E-state index contributed by atoms with van der Waals surface area (Å²) in [5.41, 5.74) is 9.87. The lowest BCUT2D eigenvalue weighted by atomic mass is 10.1. The Morgan fingerprint density at radius 1 is 1.50 bits per heavy atom. The van der Waals surface area contributed by atoms with Gasteiger partial charge in [0.15, 0.2) is 0 Å². The zero-order valence-corrected chi connectivity index (χ0v) is 8.11. The summed E-state index contributed by atoms with van der Waals surface area (Å²) < 4.78 is 0. The number of aryl methyl sites for hydroxylation is 1. The molecule has 0 aromatic heterocycles. The molecule has 0 aliphatic heterocycles. The largest absolute Gasteiger partial charge is 0.787 e. The van der Waals surface area contributed by atoms with E-state index >= 15 is 0 Å². The Morgan fingerprint density at radius 3 is 2.67 bits per heavy atom. The Labute approximate surface area is 78.7 Å². The predicted octanol–water partition coefficient (Wildman–Crippen LogP) is 2.48. The zero-order valence-electron chi connectivity index (χ0n) is 7.29.